The molecule has 0 heterocycles. The number of nitriles is 1. The minimum Gasteiger partial charge on any atom is -0.491 e. The molecule has 19 heavy (non-hydrogen) atoms. The van der Waals surface area contributed by atoms with Crippen molar-refractivity contribution in [2.75, 3.05) is 32.0 Å². The number of hydrogen-bond acceptors (Lipinski definition) is 5. The number of nitrogens with two attached hydrogens (primary N) is 1. The molecule has 1 atom stereocenters. The molecule has 0 aliphatic heterocycles. The summed E-state index contributed by atoms with van der Waals surface area (Å²) in [5.74, 6) is 0.652. The molecule has 0 amide bonds. The molecule has 3 N–H and O–H groups in total. The number of nitrogen functional groups attached to an aromatic ring is 1. The van der Waals surface area contributed by atoms with Crippen LogP contribution in [0.15, 0.2) is 24.3 Å². The average molecular weight is 263 g/mol. The van der Waals surface area contributed by atoms with Gasteiger partial charge in [-0.25, -0.2) is 0 Å². The van der Waals surface area contributed by atoms with E-state index in [1.54, 1.807) is 18.2 Å². The van der Waals surface area contributed by atoms with Crippen LogP contribution < -0.4 is 10.5 Å². The van der Waals surface area contributed by atoms with Gasteiger partial charge in [0, 0.05) is 31.3 Å². The van der Waals surface area contributed by atoms with Gasteiger partial charge in [0.1, 0.15) is 18.5 Å². The second-order valence-electron chi connectivity index (χ2n) is 4.34. The molecule has 1 aromatic carbocycles. The van der Waals surface area contributed by atoms with Gasteiger partial charge in [0.25, 0.3) is 0 Å². The van der Waals surface area contributed by atoms with E-state index in [2.05, 4.69) is 6.07 Å². The van der Waals surface area contributed by atoms with Gasteiger partial charge in [0.2, 0.25) is 0 Å². The van der Waals surface area contributed by atoms with E-state index in [0.717, 1.165) is 6.54 Å². The SMILES string of the molecule is CCN(CCC#N)CC(O)COc1cccc(N)c1. The summed E-state index contributed by atoms with van der Waals surface area (Å²) in [6.07, 6.45) is -0.114. The second kappa shape index (κ2) is 8.35. The fourth-order valence-corrected chi connectivity index (χ4v) is 1.73. The van der Waals surface area contributed by atoms with Crippen LogP contribution in [0.3, 0.4) is 0 Å². The topological polar surface area (TPSA) is 82.5 Å². The second-order valence-corrected chi connectivity index (χ2v) is 4.34. The van der Waals surface area contributed by atoms with Gasteiger partial charge in [-0.2, -0.15) is 5.26 Å². The van der Waals surface area contributed by atoms with Crippen LogP contribution in [-0.4, -0.2) is 42.4 Å². The Hall–Kier alpha value is -1.77. The van der Waals surface area contributed by atoms with Crippen LogP contribution in [-0.2, 0) is 0 Å². The van der Waals surface area contributed by atoms with E-state index in [-0.39, 0.29) is 6.61 Å². The molecule has 0 saturated heterocycles. The van der Waals surface area contributed by atoms with Crippen LogP contribution in [0, 0.1) is 11.3 Å². The number of hydrogen-bond donors (Lipinski definition) is 2. The molecule has 0 bridgehead atoms. The molecular weight excluding hydrogens is 242 g/mol. The summed E-state index contributed by atoms with van der Waals surface area (Å²) >= 11 is 0. The van der Waals surface area contributed by atoms with Crippen molar-refractivity contribution in [3.8, 4) is 11.8 Å². The average Bonchev–Trinajstić information content (AvgIpc) is 2.41. The molecule has 0 spiro atoms. The van der Waals surface area contributed by atoms with Crippen molar-refractivity contribution in [1.82, 2.24) is 4.90 Å². The number of ether oxygens (including phenoxy) is 1. The predicted molar refractivity (Wildman–Crippen MR) is 74.7 cm³/mol. The minimum atomic E-state index is -0.583. The summed E-state index contributed by atoms with van der Waals surface area (Å²) in [7, 11) is 0. The normalized spacial score (nSPS) is 12.1. The standard InChI is InChI=1S/C14H21N3O2/c1-2-17(8-4-7-15)10-13(18)11-19-14-6-3-5-12(16)9-14/h3,5-6,9,13,18H,2,4,8,10-11,16H2,1H3. The lowest BCUT2D eigenvalue weighted by Gasteiger charge is -2.22. The third-order valence-electron chi connectivity index (χ3n) is 2.76. The molecule has 1 unspecified atom stereocenters. The Bertz CT molecular complexity index is 417. The van der Waals surface area contributed by atoms with Crippen LogP contribution in [0.1, 0.15) is 13.3 Å². The van der Waals surface area contributed by atoms with Gasteiger partial charge in [-0.3, -0.25) is 4.90 Å². The largest absolute Gasteiger partial charge is 0.491 e. The zero-order valence-electron chi connectivity index (χ0n) is 11.2. The van der Waals surface area contributed by atoms with Crippen molar-refractivity contribution < 1.29 is 9.84 Å². The Kier molecular flexibility index (Phi) is 6.72. The first-order valence-corrected chi connectivity index (χ1v) is 6.41. The van der Waals surface area contributed by atoms with E-state index in [9.17, 15) is 5.11 Å². The highest BCUT2D eigenvalue weighted by Gasteiger charge is 2.11. The van der Waals surface area contributed by atoms with Crippen molar-refractivity contribution in [3.63, 3.8) is 0 Å². The van der Waals surface area contributed by atoms with E-state index in [0.29, 0.717) is 30.9 Å². The minimum absolute atomic E-state index is 0.215. The Morgan fingerprint density at radius 1 is 1.53 bits per heavy atom. The first-order valence-electron chi connectivity index (χ1n) is 6.41. The van der Waals surface area contributed by atoms with E-state index in [1.807, 2.05) is 17.9 Å². The highest BCUT2D eigenvalue weighted by atomic mass is 16.5. The van der Waals surface area contributed by atoms with E-state index >= 15 is 0 Å². The fourth-order valence-electron chi connectivity index (χ4n) is 1.73. The van der Waals surface area contributed by atoms with Gasteiger partial charge < -0.3 is 15.6 Å². The number of nitrogens with zero attached hydrogens (tertiary/aromatic N) is 2. The lowest BCUT2D eigenvalue weighted by atomic mass is 10.3. The summed E-state index contributed by atoms with van der Waals surface area (Å²) < 4.78 is 5.48. The first kappa shape index (κ1) is 15.3. The molecule has 0 aliphatic carbocycles. The number of aliphatic hydroxyl groups excluding tert-OH is 1. The van der Waals surface area contributed by atoms with Gasteiger partial charge in [-0.05, 0) is 18.7 Å². The molecule has 0 aromatic heterocycles. The first-order chi connectivity index (χ1) is 9.15. The predicted octanol–water partition coefficient (Wildman–Crippen LogP) is 1.24. The van der Waals surface area contributed by atoms with Gasteiger partial charge in [-0.1, -0.05) is 13.0 Å². The van der Waals surface area contributed by atoms with Gasteiger partial charge in [0.15, 0.2) is 0 Å². The zero-order chi connectivity index (χ0) is 14.1. The molecule has 5 heteroatoms. The van der Waals surface area contributed by atoms with Crippen molar-refractivity contribution in [1.29, 1.82) is 5.26 Å². The summed E-state index contributed by atoms with van der Waals surface area (Å²) in [5, 5.41) is 18.4. The third-order valence-corrected chi connectivity index (χ3v) is 2.76. The van der Waals surface area contributed by atoms with Crippen LogP contribution in [0.2, 0.25) is 0 Å². The number of likely N-dealkylation sites (N-methyl/N-ethyl adjacent to an activating group) is 1. The van der Waals surface area contributed by atoms with Gasteiger partial charge in [-0.15, -0.1) is 0 Å². The van der Waals surface area contributed by atoms with E-state index in [1.165, 1.54) is 0 Å². The maximum Gasteiger partial charge on any atom is 0.121 e. The van der Waals surface area contributed by atoms with Crippen LogP contribution in [0.5, 0.6) is 5.75 Å². The van der Waals surface area contributed by atoms with Crippen molar-refractivity contribution in [2.45, 2.75) is 19.4 Å². The maximum atomic E-state index is 9.90. The fraction of sp³-hybridized carbons (Fsp3) is 0.500. The summed E-state index contributed by atoms with van der Waals surface area (Å²) in [6.45, 7) is 4.19. The summed E-state index contributed by atoms with van der Waals surface area (Å²) in [4.78, 5) is 2.02. The number of anilines is 1. The van der Waals surface area contributed by atoms with Crippen LogP contribution in [0.4, 0.5) is 5.69 Å². The summed E-state index contributed by atoms with van der Waals surface area (Å²) in [6, 6.07) is 9.22. The highest BCUT2D eigenvalue weighted by molar-refractivity contribution is 5.43. The van der Waals surface area contributed by atoms with Crippen LogP contribution in [0.25, 0.3) is 0 Å². The Morgan fingerprint density at radius 3 is 2.95 bits per heavy atom. The molecule has 0 fully saturated rings. The maximum absolute atomic E-state index is 9.90. The van der Waals surface area contributed by atoms with Crippen molar-refractivity contribution >= 4 is 5.69 Å². The molecule has 104 valence electrons. The number of aliphatic hydroxyl groups is 1. The quantitative estimate of drug-likeness (QED) is 0.690. The van der Waals surface area contributed by atoms with E-state index < -0.39 is 6.10 Å². The Labute approximate surface area is 114 Å². The molecule has 0 saturated carbocycles. The number of rotatable bonds is 8. The molecule has 0 radical (unpaired) electrons. The number of benzene rings is 1. The lowest BCUT2D eigenvalue weighted by molar-refractivity contribution is 0.0706. The lowest BCUT2D eigenvalue weighted by Crippen LogP contribution is -2.36. The van der Waals surface area contributed by atoms with Gasteiger partial charge >= 0.3 is 0 Å². The molecule has 0 aliphatic rings. The van der Waals surface area contributed by atoms with E-state index in [4.69, 9.17) is 15.7 Å². The van der Waals surface area contributed by atoms with Gasteiger partial charge in [0.05, 0.1) is 6.07 Å². The smallest absolute Gasteiger partial charge is 0.121 e. The molecule has 5 nitrogen and oxygen atoms in total. The monoisotopic (exact) mass is 263 g/mol. The van der Waals surface area contributed by atoms with Crippen molar-refractivity contribution in [2.24, 2.45) is 0 Å². The molecular formula is C14H21N3O2. The van der Waals surface area contributed by atoms with Crippen LogP contribution >= 0.6 is 0 Å². The Morgan fingerprint density at radius 2 is 2.32 bits per heavy atom. The molecule has 1 rings (SSSR count). The summed E-state index contributed by atoms with van der Waals surface area (Å²) in [5.41, 5.74) is 6.28. The molecule has 1 aromatic rings. The third kappa shape index (κ3) is 6.09. The Balaban J connectivity index is 2.34. The zero-order valence-corrected chi connectivity index (χ0v) is 11.2. The van der Waals surface area contributed by atoms with Crippen molar-refractivity contribution in [3.05, 3.63) is 24.3 Å². The highest BCUT2D eigenvalue weighted by Crippen LogP contribution is 2.14.